The maximum Gasteiger partial charge on any atom is 0.0639 e. The van der Waals surface area contributed by atoms with Gasteiger partial charge in [-0.2, -0.15) is 0 Å². The predicted molar refractivity (Wildman–Crippen MR) is 51.2 cm³/mol. The molecule has 2 heteroatoms. The van der Waals surface area contributed by atoms with Gasteiger partial charge in [0.1, 0.15) is 0 Å². The maximum atomic E-state index is 8.74. The van der Waals surface area contributed by atoms with Gasteiger partial charge in [0.25, 0.3) is 0 Å². The first-order valence-electron chi connectivity index (χ1n) is 4.53. The Morgan fingerprint density at radius 2 is 2.25 bits per heavy atom. The van der Waals surface area contributed by atoms with Crippen LogP contribution in [0.5, 0.6) is 0 Å². The highest BCUT2D eigenvalue weighted by Crippen LogP contribution is 2.07. The zero-order valence-corrected chi connectivity index (χ0v) is 8.34. The van der Waals surface area contributed by atoms with E-state index in [0.29, 0.717) is 6.10 Å². The molecule has 12 heavy (non-hydrogen) atoms. The minimum Gasteiger partial charge on any atom is -0.392 e. The summed E-state index contributed by atoms with van der Waals surface area (Å²) >= 11 is 0. The number of hydrogen-bond acceptors (Lipinski definition) is 2. The Balaban J connectivity index is 3.70. The Hall–Kier alpha value is -0.340. The van der Waals surface area contributed by atoms with Crippen molar-refractivity contribution in [3.05, 3.63) is 11.6 Å². The zero-order chi connectivity index (χ0) is 9.40. The van der Waals surface area contributed by atoms with Crippen molar-refractivity contribution in [2.45, 2.75) is 39.2 Å². The fourth-order valence-electron chi connectivity index (χ4n) is 1.05. The van der Waals surface area contributed by atoms with Crippen LogP contribution in [0.2, 0.25) is 0 Å². The van der Waals surface area contributed by atoms with Gasteiger partial charge in [0.2, 0.25) is 0 Å². The first-order valence-corrected chi connectivity index (χ1v) is 4.53. The highest BCUT2D eigenvalue weighted by molar-refractivity contribution is 4.98. The third-order valence-corrected chi connectivity index (χ3v) is 1.92. The molecular formula is C10H20O2. The molecule has 0 aromatic carbocycles. The van der Waals surface area contributed by atoms with E-state index in [1.807, 2.05) is 13.0 Å². The summed E-state index contributed by atoms with van der Waals surface area (Å²) in [6.07, 6.45) is 5.51. The molecule has 0 aliphatic carbocycles. The van der Waals surface area contributed by atoms with Crippen molar-refractivity contribution < 1.29 is 9.84 Å². The Kier molecular flexibility index (Phi) is 7.11. The van der Waals surface area contributed by atoms with Gasteiger partial charge in [-0.1, -0.05) is 25.0 Å². The largest absolute Gasteiger partial charge is 0.392 e. The van der Waals surface area contributed by atoms with Gasteiger partial charge in [0.05, 0.1) is 12.7 Å². The minimum absolute atomic E-state index is 0.155. The van der Waals surface area contributed by atoms with E-state index in [4.69, 9.17) is 9.84 Å². The van der Waals surface area contributed by atoms with E-state index >= 15 is 0 Å². The summed E-state index contributed by atoms with van der Waals surface area (Å²) in [5.74, 6) is 0. The van der Waals surface area contributed by atoms with Crippen molar-refractivity contribution in [3.8, 4) is 0 Å². The molecule has 1 unspecified atom stereocenters. The Morgan fingerprint density at radius 3 is 2.67 bits per heavy atom. The SMILES string of the molecule is CCCC(CC=C(C)CO)OC. The topological polar surface area (TPSA) is 29.5 Å². The average Bonchev–Trinajstić information content (AvgIpc) is 2.11. The van der Waals surface area contributed by atoms with E-state index in [9.17, 15) is 0 Å². The third kappa shape index (κ3) is 5.33. The summed E-state index contributed by atoms with van der Waals surface area (Å²) in [5, 5.41) is 8.74. The normalized spacial score (nSPS) is 14.8. The van der Waals surface area contributed by atoms with Crippen LogP contribution in [0.1, 0.15) is 33.1 Å². The molecule has 1 N–H and O–H groups in total. The fourth-order valence-corrected chi connectivity index (χ4v) is 1.05. The summed E-state index contributed by atoms with van der Waals surface area (Å²) < 4.78 is 5.26. The molecule has 0 spiro atoms. The lowest BCUT2D eigenvalue weighted by Crippen LogP contribution is -2.08. The second-order valence-electron chi connectivity index (χ2n) is 3.09. The lowest BCUT2D eigenvalue weighted by Gasteiger charge is -2.11. The first-order chi connectivity index (χ1) is 5.74. The molecule has 0 radical (unpaired) electrons. The van der Waals surface area contributed by atoms with Crippen LogP contribution in [0.3, 0.4) is 0 Å². The lowest BCUT2D eigenvalue weighted by atomic mass is 10.1. The number of aliphatic hydroxyl groups is 1. The van der Waals surface area contributed by atoms with Crippen LogP contribution in [0.15, 0.2) is 11.6 Å². The van der Waals surface area contributed by atoms with Crippen LogP contribution in [-0.2, 0) is 4.74 Å². The molecule has 0 saturated carbocycles. The number of ether oxygens (including phenoxy) is 1. The molecule has 0 rings (SSSR count). The van der Waals surface area contributed by atoms with Crippen molar-refractivity contribution in [1.29, 1.82) is 0 Å². The monoisotopic (exact) mass is 172 g/mol. The van der Waals surface area contributed by atoms with Crippen LogP contribution in [0.4, 0.5) is 0 Å². The van der Waals surface area contributed by atoms with Gasteiger partial charge < -0.3 is 9.84 Å². The minimum atomic E-state index is 0.155. The molecule has 0 aromatic heterocycles. The van der Waals surface area contributed by atoms with Crippen molar-refractivity contribution in [1.82, 2.24) is 0 Å². The summed E-state index contributed by atoms with van der Waals surface area (Å²) in [6.45, 7) is 4.23. The number of methoxy groups -OCH3 is 1. The Labute approximate surface area is 75.2 Å². The molecule has 72 valence electrons. The van der Waals surface area contributed by atoms with E-state index in [0.717, 1.165) is 24.8 Å². The van der Waals surface area contributed by atoms with Gasteiger partial charge in [-0.15, -0.1) is 0 Å². The quantitative estimate of drug-likeness (QED) is 0.622. The first kappa shape index (κ1) is 11.7. The number of aliphatic hydroxyl groups excluding tert-OH is 1. The van der Waals surface area contributed by atoms with E-state index in [2.05, 4.69) is 6.92 Å². The van der Waals surface area contributed by atoms with Crippen LogP contribution in [0, 0.1) is 0 Å². The van der Waals surface area contributed by atoms with Gasteiger partial charge in [-0.25, -0.2) is 0 Å². The molecule has 0 saturated heterocycles. The maximum absolute atomic E-state index is 8.74. The second-order valence-corrected chi connectivity index (χ2v) is 3.09. The number of rotatable bonds is 6. The van der Waals surface area contributed by atoms with Gasteiger partial charge in [0, 0.05) is 7.11 Å². The van der Waals surface area contributed by atoms with Crippen LogP contribution >= 0.6 is 0 Å². The predicted octanol–water partition coefficient (Wildman–Crippen LogP) is 2.13. The van der Waals surface area contributed by atoms with Gasteiger partial charge >= 0.3 is 0 Å². The van der Waals surface area contributed by atoms with Crippen LogP contribution in [-0.4, -0.2) is 24.9 Å². The highest BCUT2D eigenvalue weighted by atomic mass is 16.5. The molecule has 2 nitrogen and oxygen atoms in total. The van der Waals surface area contributed by atoms with E-state index in [1.165, 1.54) is 0 Å². The molecule has 0 aromatic rings. The van der Waals surface area contributed by atoms with Crippen molar-refractivity contribution >= 4 is 0 Å². The van der Waals surface area contributed by atoms with Gasteiger partial charge in [0.15, 0.2) is 0 Å². The summed E-state index contributed by atoms with van der Waals surface area (Å²) in [6, 6.07) is 0. The lowest BCUT2D eigenvalue weighted by molar-refractivity contribution is 0.0968. The van der Waals surface area contributed by atoms with Crippen molar-refractivity contribution in [2.75, 3.05) is 13.7 Å². The number of hydrogen-bond donors (Lipinski definition) is 1. The van der Waals surface area contributed by atoms with Crippen LogP contribution in [0.25, 0.3) is 0 Å². The molecule has 0 bridgehead atoms. The highest BCUT2D eigenvalue weighted by Gasteiger charge is 2.02. The zero-order valence-electron chi connectivity index (χ0n) is 8.34. The van der Waals surface area contributed by atoms with Crippen molar-refractivity contribution in [2.24, 2.45) is 0 Å². The van der Waals surface area contributed by atoms with Gasteiger partial charge in [-0.05, 0) is 19.8 Å². The van der Waals surface area contributed by atoms with Crippen molar-refractivity contribution in [3.63, 3.8) is 0 Å². The molecule has 0 aliphatic rings. The van der Waals surface area contributed by atoms with E-state index < -0.39 is 0 Å². The summed E-state index contributed by atoms with van der Waals surface area (Å²) in [7, 11) is 1.74. The second kappa shape index (κ2) is 7.32. The smallest absolute Gasteiger partial charge is 0.0639 e. The van der Waals surface area contributed by atoms with E-state index in [1.54, 1.807) is 7.11 Å². The fraction of sp³-hybridized carbons (Fsp3) is 0.800. The Morgan fingerprint density at radius 1 is 1.58 bits per heavy atom. The third-order valence-electron chi connectivity index (χ3n) is 1.92. The van der Waals surface area contributed by atoms with E-state index in [-0.39, 0.29) is 6.61 Å². The molecule has 0 heterocycles. The molecule has 0 aliphatic heterocycles. The molecule has 1 atom stereocenters. The molecular weight excluding hydrogens is 152 g/mol. The summed E-state index contributed by atoms with van der Waals surface area (Å²) in [4.78, 5) is 0. The standard InChI is InChI=1S/C10H20O2/c1-4-5-10(12-3)7-6-9(2)8-11/h6,10-11H,4-5,7-8H2,1-3H3. The Bertz CT molecular complexity index is 130. The average molecular weight is 172 g/mol. The summed E-state index contributed by atoms with van der Waals surface area (Å²) in [5.41, 5.74) is 1.02. The molecule has 0 amide bonds. The van der Waals surface area contributed by atoms with Gasteiger partial charge in [-0.3, -0.25) is 0 Å². The molecule has 0 fully saturated rings. The van der Waals surface area contributed by atoms with Crippen LogP contribution < -0.4 is 0 Å².